The first-order valence-corrected chi connectivity index (χ1v) is 7.18. The van der Waals surface area contributed by atoms with Crippen molar-refractivity contribution < 1.29 is 19.1 Å². The molecule has 110 valence electrons. The van der Waals surface area contributed by atoms with Crippen molar-refractivity contribution in [3.8, 4) is 0 Å². The number of hydrogen-bond donors (Lipinski definition) is 3. The van der Waals surface area contributed by atoms with Crippen molar-refractivity contribution in [2.24, 2.45) is 5.92 Å². The zero-order valence-electron chi connectivity index (χ0n) is 11.0. The number of hydrogen-bond acceptors (Lipinski definition) is 2. The number of benzene rings is 1. The molecule has 0 saturated carbocycles. The molecule has 1 aromatic rings. The van der Waals surface area contributed by atoms with Crippen LogP contribution in [0.15, 0.2) is 18.2 Å². The zero-order chi connectivity index (χ0) is 15.1. The van der Waals surface area contributed by atoms with Crippen molar-refractivity contribution in [1.29, 1.82) is 0 Å². The van der Waals surface area contributed by atoms with E-state index < -0.39 is 12.0 Å². The van der Waals surface area contributed by atoms with E-state index in [2.05, 4.69) is 10.6 Å². The maximum absolute atomic E-state index is 12.9. The second-order valence-electron chi connectivity index (χ2n) is 4.50. The van der Waals surface area contributed by atoms with Gasteiger partial charge in [-0.1, -0.05) is 6.92 Å². The summed E-state index contributed by atoms with van der Waals surface area (Å²) in [5.74, 6) is -1.13. The van der Waals surface area contributed by atoms with Crippen LogP contribution in [0.5, 0.6) is 0 Å². The molecule has 0 radical (unpaired) electrons. The summed E-state index contributed by atoms with van der Waals surface area (Å²) in [7, 11) is 0. The predicted molar refractivity (Wildman–Crippen MR) is 82.2 cm³/mol. The van der Waals surface area contributed by atoms with E-state index in [0.717, 1.165) is 0 Å². The van der Waals surface area contributed by atoms with Gasteiger partial charge >= 0.3 is 12.0 Å². The van der Waals surface area contributed by atoms with Gasteiger partial charge in [-0.3, -0.25) is 4.79 Å². The Kier molecular flexibility index (Phi) is 6.69. The Hall–Kier alpha value is -1.38. The number of nitrogens with one attached hydrogen (secondary N) is 2. The number of rotatable bonds is 6. The Morgan fingerprint density at radius 1 is 1.45 bits per heavy atom. The third-order valence-electron chi connectivity index (χ3n) is 2.64. The second kappa shape index (κ2) is 8.03. The van der Waals surface area contributed by atoms with E-state index in [-0.39, 0.29) is 18.2 Å². The SMILES string of the molecule is CC(CCC(=O)O)CNC(=O)Nc1ccc(F)cc1I. The topological polar surface area (TPSA) is 78.4 Å². The van der Waals surface area contributed by atoms with Gasteiger partial charge in [-0.05, 0) is 53.1 Å². The van der Waals surface area contributed by atoms with Gasteiger partial charge in [0.05, 0.1) is 5.69 Å². The number of urea groups is 1. The second-order valence-corrected chi connectivity index (χ2v) is 5.66. The Balaban J connectivity index is 2.38. The van der Waals surface area contributed by atoms with Crippen LogP contribution in [-0.2, 0) is 4.79 Å². The molecule has 0 aliphatic rings. The van der Waals surface area contributed by atoms with Gasteiger partial charge in [0.25, 0.3) is 0 Å². The van der Waals surface area contributed by atoms with E-state index in [9.17, 15) is 14.0 Å². The highest BCUT2D eigenvalue weighted by Crippen LogP contribution is 2.18. The fraction of sp³-hybridized carbons (Fsp3) is 0.385. The van der Waals surface area contributed by atoms with Crippen LogP contribution in [0.4, 0.5) is 14.9 Å². The highest BCUT2D eigenvalue weighted by atomic mass is 127. The quantitative estimate of drug-likeness (QED) is 0.649. The number of carboxylic acid groups (broad SMARTS) is 1. The summed E-state index contributed by atoms with van der Waals surface area (Å²) < 4.78 is 13.5. The van der Waals surface area contributed by atoms with Gasteiger partial charge in [0.1, 0.15) is 5.82 Å². The molecular weight excluding hydrogens is 378 g/mol. The molecule has 5 nitrogen and oxygen atoms in total. The van der Waals surface area contributed by atoms with Gasteiger partial charge in [0, 0.05) is 16.5 Å². The van der Waals surface area contributed by atoms with Crippen molar-refractivity contribution in [1.82, 2.24) is 5.32 Å². The van der Waals surface area contributed by atoms with Gasteiger partial charge in [-0.25, -0.2) is 9.18 Å². The minimum absolute atomic E-state index is 0.0733. The Labute approximate surface area is 130 Å². The van der Waals surface area contributed by atoms with Crippen molar-refractivity contribution in [3.05, 3.63) is 27.6 Å². The third kappa shape index (κ3) is 6.18. The van der Waals surface area contributed by atoms with E-state index in [1.165, 1.54) is 18.2 Å². The van der Waals surface area contributed by atoms with Gasteiger partial charge in [0.15, 0.2) is 0 Å². The van der Waals surface area contributed by atoms with E-state index in [0.29, 0.717) is 22.2 Å². The number of carboxylic acids is 1. The van der Waals surface area contributed by atoms with E-state index in [4.69, 9.17) is 5.11 Å². The summed E-state index contributed by atoms with van der Waals surface area (Å²) in [5, 5.41) is 13.8. The fourth-order valence-electron chi connectivity index (χ4n) is 1.50. The normalized spacial score (nSPS) is 11.8. The number of aliphatic carboxylic acids is 1. The monoisotopic (exact) mass is 394 g/mol. The van der Waals surface area contributed by atoms with Crippen LogP contribution in [0.3, 0.4) is 0 Å². The number of halogens is 2. The van der Waals surface area contributed by atoms with Gasteiger partial charge in [-0.2, -0.15) is 0 Å². The molecule has 3 N–H and O–H groups in total. The van der Waals surface area contributed by atoms with Crippen LogP contribution in [0.2, 0.25) is 0 Å². The molecule has 0 heterocycles. The van der Waals surface area contributed by atoms with Crippen molar-refractivity contribution >= 4 is 40.3 Å². The largest absolute Gasteiger partial charge is 0.481 e. The summed E-state index contributed by atoms with van der Waals surface area (Å²) in [5.41, 5.74) is 0.530. The molecule has 0 aliphatic heterocycles. The van der Waals surface area contributed by atoms with E-state index >= 15 is 0 Å². The van der Waals surface area contributed by atoms with Gasteiger partial charge in [-0.15, -0.1) is 0 Å². The molecule has 0 spiro atoms. The smallest absolute Gasteiger partial charge is 0.319 e. The van der Waals surface area contributed by atoms with Crippen LogP contribution < -0.4 is 10.6 Å². The van der Waals surface area contributed by atoms with Crippen LogP contribution in [0.25, 0.3) is 0 Å². The molecule has 1 unspecified atom stereocenters. The molecule has 0 fully saturated rings. The van der Waals surface area contributed by atoms with Crippen molar-refractivity contribution in [2.45, 2.75) is 19.8 Å². The fourth-order valence-corrected chi connectivity index (χ4v) is 2.11. The Bertz CT molecular complexity index is 497. The Morgan fingerprint density at radius 3 is 2.75 bits per heavy atom. The lowest BCUT2D eigenvalue weighted by Crippen LogP contribution is -2.32. The van der Waals surface area contributed by atoms with Gasteiger partial charge in [0.2, 0.25) is 0 Å². The lowest BCUT2D eigenvalue weighted by atomic mass is 10.1. The molecule has 0 aromatic heterocycles. The minimum atomic E-state index is -0.845. The molecule has 0 saturated heterocycles. The highest BCUT2D eigenvalue weighted by molar-refractivity contribution is 14.1. The first-order valence-electron chi connectivity index (χ1n) is 6.10. The standard InChI is InChI=1S/C13H16FIN2O3/c1-8(2-5-12(18)19)7-16-13(20)17-11-4-3-9(14)6-10(11)15/h3-4,6,8H,2,5,7H2,1H3,(H,18,19)(H2,16,17,20). The zero-order valence-corrected chi connectivity index (χ0v) is 13.1. The van der Waals surface area contributed by atoms with E-state index in [1.807, 2.05) is 29.5 Å². The molecule has 2 amide bonds. The summed E-state index contributed by atoms with van der Waals surface area (Å²) in [6, 6.07) is 3.69. The minimum Gasteiger partial charge on any atom is -0.481 e. The predicted octanol–water partition coefficient (Wildman–Crippen LogP) is 3.05. The van der Waals surface area contributed by atoms with Crippen LogP contribution in [0.1, 0.15) is 19.8 Å². The molecule has 1 aromatic carbocycles. The first kappa shape index (κ1) is 16.7. The summed E-state index contributed by atoms with van der Waals surface area (Å²) in [6.45, 7) is 2.25. The summed E-state index contributed by atoms with van der Waals surface area (Å²) in [6.07, 6.45) is 0.587. The molecule has 0 aliphatic carbocycles. The average Bonchev–Trinajstić information content (AvgIpc) is 2.37. The Morgan fingerprint density at radius 2 is 2.15 bits per heavy atom. The molecule has 1 rings (SSSR count). The molecule has 1 atom stereocenters. The van der Waals surface area contributed by atoms with Crippen LogP contribution in [0, 0.1) is 15.3 Å². The lowest BCUT2D eigenvalue weighted by molar-refractivity contribution is -0.137. The summed E-state index contributed by atoms with van der Waals surface area (Å²) in [4.78, 5) is 22.1. The molecular formula is C13H16FIN2O3. The first-order chi connectivity index (χ1) is 9.38. The number of carbonyl (C=O) groups excluding carboxylic acids is 1. The van der Waals surface area contributed by atoms with Crippen LogP contribution >= 0.6 is 22.6 Å². The third-order valence-corrected chi connectivity index (χ3v) is 3.53. The molecule has 0 bridgehead atoms. The summed E-state index contributed by atoms with van der Waals surface area (Å²) >= 11 is 1.93. The number of carbonyl (C=O) groups is 2. The van der Waals surface area contributed by atoms with Crippen molar-refractivity contribution in [3.63, 3.8) is 0 Å². The average molecular weight is 394 g/mol. The van der Waals surface area contributed by atoms with Gasteiger partial charge < -0.3 is 15.7 Å². The molecule has 20 heavy (non-hydrogen) atoms. The van der Waals surface area contributed by atoms with Crippen molar-refractivity contribution in [2.75, 3.05) is 11.9 Å². The number of anilines is 1. The van der Waals surface area contributed by atoms with E-state index in [1.54, 1.807) is 0 Å². The molecule has 7 heteroatoms. The highest BCUT2D eigenvalue weighted by Gasteiger charge is 2.09. The number of amides is 2. The maximum atomic E-state index is 12.9. The maximum Gasteiger partial charge on any atom is 0.319 e. The van der Waals surface area contributed by atoms with Crippen LogP contribution in [-0.4, -0.2) is 23.7 Å². The lowest BCUT2D eigenvalue weighted by Gasteiger charge is -2.13.